The summed E-state index contributed by atoms with van der Waals surface area (Å²) in [6.45, 7) is 2.08. The van der Waals surface area contributed by atoms with Crippen LogP contribution >= 0.6 is 0 Å². The van der Waals surface area contributed by atoms with E-state index >= 15 is 0 Å². The van der Waals surface area contributed by atoms with E-state index in [1.807, 2.05) is 0 Å². The monoisotopic (exact) mass is 385 g/mol. The molecule has 27 heavy (non-hydrogen) atoms. The number of hydrogen-bond acceptors (Lipinski definition) is 5. The number of benzene rings is 1. The number of halogens is 3. The van der Waals surface area contributed by atoms with Gasteiger partial charge >= 0.3 is 24.1 Å². The molecule has 146 valence electrons. The third-order valence-corrected chi connectivity index (χ3v) is 4.61. The maximum atomic E-state index is 12.7. The maximum Gasteiger partial charge on any atom is 0.491 e. The van der Waals surface area contributed by atoms with Crippen LogP contribution in [0.5, 0.6) is 0 Å². The third kappa shape index (κ3) is 4.21. The Balaban J connectivity index is 1.79. The fraction of sp³-hybridized carbons (Fsp3) is 0.471. The van der Waals surface area contributed by atoms with Gasteiger partial charge < -0.3 is 19.9 Å². The van der Waals surface area contributed by atoms with Crippen LogP contribution in [0.4, 0.5) is 18.0 Å². The number of carbonyl (C=O) groups excluding carboxylic acids is 3. The van der Waals surface area contributed by atoms with Crippen molar-refractivity contribution in [1.82, 2.24) is 15.1 Å². The number of amides is 2. The lowest BCUT2D eigenvalue weighted by molar-refractivity contribution is -0.202. The standard InChI is InChI=1S/C17H18F3N3O4/c18-17(19,20)15(25)27-14(24)8-13(11-4-2-1-3-5-11)23-10-12-9-21-6-7-22(12)16(23)26/h1-5,12-13,21H,6-10H2/t12-,13?/m0/s1. The summed E-state index contributed by atoms with van der Waals surface area (Å²) in [4.78, 5) is 38.7. The molecule has 0 aliphatic carbocycles. The molecule has 2 aliphatic rings. The van der Waals surface area contributed by atoms with Gasteiger partial charge in [-0.25, -0.2) is 9.59 Å². The topological polar surface area (TPSA) is 79.0 Å². The second kappa shape index (κ2) is 7.55. The molecule has 3 rings (SSSR count). The first-order valence-corrected chi connectivity index (χ1v) is 8.42. The van der Waals surface area contributed by atoms with Crippen LogP contribution in [-0.4, -0.2) is 66.2 Å². The number of carbonyl (C=O) groups is 3. The minimum atomic E-state index is -5.26. The van der Waals surface area contributed by atoms with Crippen molar-refractivity contribution in [1.29, 1.82) is 0 Å². The van der Waals surface area contributed by atoms with Crippen LogP contribution in [0.15, 0.2) is 30.3 Å². The fourth-order valence-corrected chi connectivity index (χ4v) is 3.35. The fourth-order valence-electron chi connectivity index (χ4n) is 3.35. The molecule has 1 N–H and O–H groups in total. The van der Waals surface area contributed by atoms with Crippen LogP contribution < -0.4 is 5.32 Å². The van der Waals surface area contributed by atoms with E-state index in [-0.39, 0.29) is 12.1 Å². The van der Waals surface area contributed by atoms with Crippen molar-refractivity contribution in [3.63, 3.8) is 0 Å². The summed E-state index contributed by atoms with van der Waals surface area (Å²) in [7, 11) is 0. The van der Waals surface area contributed by atoms with Gasteiger partial charge in [-0.1, -0.05) is 30.3 Å². The molecule has 2 atom stereocenters. The molecule has 1 aromatic carbocycles. The highest BCUT2D eigenvalue weighted by Crippen LogP contribution is 2.31. The summed E-state index contributed by atoms with van der Waals surface area (Å²) in [6, 6.07) is 7.30. The van der Waals surface area contributed by atoms with Crippen molar-refractivity contribution in [2.45, 2.75) is 24.7 Å². The molecule has 7 nitrogen and oxygen atoms in total. The van der Waals surface area contributed by atoms with Crippen LogP contribution in [0.2, 0.25) is 0 Å². The Bertz CT molecular complexity index is 726. The highest BCUT2D eigenvalue weighted by molar-refractivity contribution is 5.89. The Kier molecular flexibility index (Phi) is 5.36. The summed E-state index contributed by atoms with van der Waals surface area (Å²) >= 11 is 0. The van der Waals surface area contributed by atoms with E-state index in [9.17, 15) is 27.6 Å². The van der Waals surface area contributed by atoms with Crippen molar-refractivity contribution in [2.75, 3.05) is 26.2 Å². The van der Waals surface area contributed by atoms with E-state index in [0.29, 0.717) is 31.7 Å². The summed E-state index contributed by atoms with van der Waals surface area (Å²) < 4.78 is 40.9. The Morgan fingerprint density at radius 1 is 1.26 bits per heavy atom. The summed E-state index contributed by atoms with van der Waals surface area (Å²) in [5.41, 5.74) is 0.579. The van der Waals surface area contributed by atoms with Crippen LogP contribution in [0, 0.1) is 0 Å². The number of nitrogens with zero attached hydrogens (tertiary/aromatic N) is 2. The number of alkyl halides is 3. The summed E-state index contributed by atoms with van der Waals surface area (Å²) in [5.74, 6) is -3.89. The number of rotatable bonds is 4. The normalized spacial score (nSPS) is 21.0. The zero-order chi connectivity index (χ0) is 19.6. The Labute approximate surface area is 153 Å². The largest absolute Gasteiger partial charge is 0.491 e. The highest BCUT2D eigenvalue weighted by Gasteiger charge is 2.45. The molecule has 1 unspecified atom stereocenters. The average Bonchev–Trinajstić information content (AvgIpc) is 2.96. The highest BCUT2D eigenvalue weighted by atomic mass is 19.4. The van der Waals surface area contributed by atoms with Gasteiger partial charge in [0.1, 0.15) is 0 Å². The first kappa shape index (κ1) is 19.2. The Morgan fingerprint density at radius 2 is 1.96 bits per heavy atom. The van der Waals surface area contributed by atoms with Gasteiger partial charge in [-0.2, -0.15) is 13.2 Å². The summed E-state index contributed by atoms with van der Waals surface area (Å²) in [6.07, 6.45) is -5.81. The third-order valence-electron chi connectivity index (χ3n) is 4.61. The molecule has 0 spiro atoms. The number of esters is 2. The summed E-state index contributed by atoms with van der Waals surface area (Å²) in [5, 5.41) is 3.18. The molecule has 0 bridgehead atoms. The smallest absolute Gasteiger partial charge is 0.386 e. The van der Waals surface area contributed by atoms with E-state index in [1.54, 1.807) is 35.2 Å². The quantitative estimate of drug-likeness (QED) is 0.627. The lowest BCUT2D eigenvalue weighted by atomic mass is 10.0. The number of hydrogen-bond donors (Lipinski definition) is 1. The molecule has 0 aromatic heterocycles. The van der Waals surface area contributed by atoms with E-state index in [0.717, 1.165) is 0 Å². The number of nitrogens with one attached hydrogen (secondary N) is 1. The van der Waals surface area contributed by atoms with E-state index in [4.69, 9.17) is 0 Å². The number of fused-ring (bicyclic) bond motifs is 1. The molecule has 0 saturated carbocycles. The number of ether oxygens (including phenoxy) is 1. The van der Waals surface area contributed by atoms with Crippen LogP contribution in [0.25, 0.3) is 0 Å². The first-order chi connectivity index (χ1) is 12.8. The molecule has 2 amide bonds. The van der Waals surface area contributed by atoms with E-state index in [1.165, 1.54) is 4.90 Å². The predicted octanol–water partition coefficient (Wildman–Crippen LogP) is 1.46. The predicted molar refractivity (Wildman–Crippen MR) is 86.4 cm³/mol. The van der Waals surface area contributed by atoms with Gasteiger partial charge in [-0.3, -0.25) is 4.79 Å². The molecule has 10 heteroatoms. The van der Waals surface area contributed by atoms with Gasteiger partial charge in [-0.15, -0.1) is 0 Å². The molecule has 1 aromatic rings. The molecule has 2 fully saturated rings. The molecular formula is C17H18F3N3O4. The van der Waals surface area contributed by atoms with Gasteiger partial charge in [0.15, 0.2) is 0 Å². The molecule has 2 heterocycles. The van der Waals surface area contributed by atoms with Crippen LogP contribution in [-0.2, 0) is 14.3 Å². The van der Waals surface area contributed by atoms with Crippen molar-refractivity contribution in [3.05, 3.63) is 35.9 Å². The lowest BCUT2D eigenvalue weighted by Crippen LogP contribution is -2.49. The van der Waals surface area contributed by atoms with Crippen molar-refractivity contribution in [2.24, 2.45) is 0 Å². The minimum absolute atomic E-state index is 0.0784. The molecule has 2 aliphatic heterocycles. The van der Waals surface area contributed by atoms with Crippen molar-refractivity contribution >= 4 is 18.0 Å². The van der Waals surface area contributed by atoms with Crippen LogP contribution in [0.1, 0.15) is 18.0 Å². The zero-order valence-corrected chi connectivity index (χ0v) is 14.2. The molecule has 2 saturated heterocycles. The molecular weight excluding hydrogens is 367 g/mol. The SMILES string of the molecule is O=C(CC(c1ccccc1)N1C[C@@H]2CNCCN2C1=O)OC(=O)C(F)(F)F. The van der Waals surface area contributed by atoms with E-state index < -0.39 is 30.6 Å². The van der Waals surface area contributed by atoms with Gasteiger partial charge in [0.2, 0.25) is 0 Å². The maximum absolute atomic E-state index is 12.7. The van der Waals surface area contributed by atoms with Crippen molar-refractivity contribution in [3.8, 4) is 0 Å². The van der Waals surface area contributed by atoms with Crippen LogP contribution in [0.3, 0.4) is 0 Å². The number of piperazine rings is 1. The van der Waals surface area contributed by atoms with Gasteiger partial charge in [-0.05, 0) is 5.56 Å². The zero-order valence-electron chi connectivity index (χ0n) is 14.2. The Hall–Kier alpha value is -2.62. The van der Waals surface area contributed by atoms with Gasteiger partial charge in [0.25, 0.3) is 0 Å². The lowest BCUT2D eigenvalue weighted by Gasteiger charge is -2.29. The van der Waals surface area contributed by atoms with E-state index in [2.05, 4.69) is 10.1 Å². The number of urea groups is 1. The average molecular weight is 385 g/mol. The van der Waals surface area contributed by atoms with Gasteiger partial charge in [0.05, 0.1) is 18.5 Å². The molecule has 0 radical (unpaired) electrons. The first-order valence-electron chi connectivity index (χ1n) is 8.42. The minimum Gasteiger partial charge on any atom is -0.386 e. The second-order valence-electron chi connectivity index (χ2n) is 6.38. The second-order valence-corrected chi connectivity index (χ2v) is 6.38. The Morgan fingerprint density at radius 3 is 2.59 bits per heavy atom. The van der Waals surface area contributed by atoms with Gasteiger partial charge in [0, 0.05) is 26.2 Å². The van der Waals surface area contributed by atoms with Crippen molar-refractivity contribution < 1.29 is 32.3 Å².